The Labute approximate surface area is 145 Å². The van der Waals surface area contributed by atoms with E-state index < -0.39 is 0 Å². The van der Waals surface area contributed by atoms with Crippen molar-refractivity contribution in [1.82, 2.24) is 0 Å². The molecule has 4 aliphatic carbocycles. The first-order valence-electron chi connectivity index (χ1n) is 10.0. The molecule has 0 bridgehead atoms. The molecule has 4 rings (SSSR count). The second kappa shape index (κ2) is 5.57. The minimum Gasteiger partial charge on any atom is -0.462 e. The molecule has 0 spiro atoms. The third-order valence-electron chi connectivity index (χ3n) is 8.70. The zero-order valence-corrected chi connectivity index (χ0v) is 15.5. The minimum absolute atomic E-state index is 0.120. The topological polar surface area (TPSA) is 43.4 Å². The van der Waals surface area contributed by atoms with Crippen molar-refractivity contribution < 1.29 is 14.3 Å². The number of rotatable bonds is 1. The number of hydrogen-bond acceptors (Lipinski definition) is 3. The molecule has 0 aromatic carbocycles. The molecule has 0 radical (unpaired) electrons. The van der Waals surface area contributed by atoms with Gasteiger partial charge in [0.2, 0.25) is 0 Å². The number of fused-ring (bicyclic) bond motifs is 5. The highest BCUT2D eigenvalue weighted by atomic mass is 16.5. The third kappa shape index (κ3) is 2.29. The first-order valence-corrected chi connectivity index (χ1v) is 10.0. The summed E-state index contributed by atoms with van der Waals surface area (Å²) in [5.41, 5.74) is 0.554. The van der Waals surface area contributed by atoms with E-state index >= 15 is 0 Å². The molecule has 4 aliphatic rings. The van der Waals surface area contributed by atoms with Crippen LogP contribution in [0, 0.1) is 34.5 Å². The molecule has 0 aromatic heterocycles. The highest BCUT2D eigenvalue weighted by Gasteiger charge is 2.60. The lowest BCUT2D eigenvalue weighted by Crippen LogP contribution is -2.54. The van der Waals surface area contributed by atoms with Crippen LogP contribution >= 0.6 is 0 Å². The average molecular weight is 332 g/mol. The molecule has 24 heavy (non-hydrogen) atoms. The SMILES string of the molecule is CC(=O)O[C@@H]1CCC2C3CC[C@@H]4CC(=O)CC[C@@]4(C)C3CC[C@]21C. The van der Waals surface area contributed by atoms with E-state index in [1.165, 1.54) is 32.1 Å². The molecule has 7 atom stereocenters. The highest BCUT2D eigenvalue weighted by Crippen LogP contribution is 2.66. The van der Waals surface area contributed by atoms with Gasteiger partial charge in [0, 0.05) is 25.2 Å². The van der Waals surface area contributed by atoms with Gasteiger partial charge in [-0.15, -0.1) is 0 Å². The van der Waals surface area contributed by atoms with E-state index in [0.29, 0.717) is 23.0 Å². The van der Waals surface area contributed by atoms with Crippen molar-refractivity contribution in [1.29, 1.82) is 0 Å². The number of hydrogen-bond donors (Lipinski definition) is 0. The monoisotopic (exact) mass is 332 g/mol. The molecule has 0 N–H and O–H groups in total. The molecule has 0 aromatic rings. The maximum atomic E-state index is 12.0. The Bertz CT molecular complexity index is 555. The maximum absolute atomic E-state index is 12.0. The van der Waals surface area contributed by atoms with Crippen molar-refractivity contribution in [2.75, 3.05) is 0 Å². The van der Waals surface area contributed by atoms with Gasteiger partial charge in [-0.1, -0.05) is 13.8 Å². The molecular weight excluding hydrogens is 300 g/mol. The smallest absolute Gasteiger partial charge is 0.302 e. The van der Waals surface area contributed by atoms with Crippen LogP contribution in [0.25, 0.3) is 0 Å². The molecular formula is C21H32O3. The summed E-state index contributed by atoms with van der Waals surface area (Å²) in [5, 5.41) is 0. The first kappa shape index (κ1) is 16.6. The second-order valence-corrected chi connectivity index (χ2v) is 9.62. The van der Waals surface area contributed by atoms with Crippen LogP contribution in [0.3, 0.4) is 0 Å². The Morgan fingerprint density at radius 1 is 1.00 bits per heavy atom. The molecule has 3 heteroatoms. The third-order valence-corrected chi connectivity index (χ3v) is 8.70. The van der Waals surface area contributed by atoms with Gasteiger partial charge >= 0.3 is 5.97 Å². The van der Waals surface area contributed by atoms with Gasteiger partial charge in [0.1, 0.15) is 11.9 Å². The van der Waals surface area contributed by atoms with E-state index in [2.05, 4.69) is 13.8 Å². The van der Waals surface area contributed by atoms with Crippen LogP contribution in [0.4, 0.5) is 0 Å². The van der Waals surface area contributed by atoms with Gasteiger partial charge in [-0.2, -0.15) is 0 Å². The van der Waals surface area contributed by atoms with E-state index in [9.17, 15) is 9.59 Å². The fourth-order valence-electron chi connectivity index (χ4n) is 7.39. The van der Waals surface area contributed by atoms with Crippen molar-refractivity contribution in [3.63, 3.8) is 0 Å². The van der Waals surface area contributed by atoms with Gasteiger partial charge in [0.25, 0.3) is 0 Å². The Morgan fingerprint density at radius 3 is 2.50 bits per heavy atom. The number of ether oxygens (including phenoxy) is 1. The van der Waals surface area contributed by atoms with E-state index in [4.69, 9.17) is 4.74 Å². The van der Waals surface area contributed by atoms with E-state index in [-0.39, 0.29) is 17.5 Å². The molecule has 3 unspecified atom stereocenters. The van der Waals surface area contributed by atoms with Crippen LogP contribution in [0.15, 0.2) is 0 Å². The summed E-state index contributed by atoms with van der Waals surface area (Å²) in [6.45, 7) is 6.42. The summed E-state index contributed by atoms with van der Waals surface area (Å²) in [6, 6.07) is 0. The van der Waals surface area contributed by atoms with Gasteiger partial charge in [0.05, 0.1) is 0 Å². The van der Waals surface area contributed by atoms with E-state index in [1.807, 2.05) is 0 Å². The Kier molecular flexibility index (Phi) is 3.85. The molecule has 4 fully saturated rings. The standard InChI is InChI=1S/C21H32O3/c1-13(22)24-19-7-6-17-16-5-4-14-12-15(23)8-10-20(14,2)18(16)9-11-21(17,19)3/h14,16-19H,4-12H2,1-3H3/t14-,16?,17?,18?,19-,20-,21-/m1/s1. The summed E-state index contributed by atoms with van der Waals surface area (Å²) in [6.07, 6.45) is 10.1. The van der Waals surface area contributed by atoms with Crippen molar-refractivity contribution in [3.05, 3.63) is 0 Å². The number of esters is 1. The predicted molar refractivity (Wildman–Crippen MR) is 92.3 cm³/mol. The lowest BCUT2D eigenvalue weighted by Gasteiger charge is -2.60. The van der Waals surface area contributed by atoms with Crippen LogP contribution in [-0.4, -0.2) is 17.9 Å². The zero-order chi connectivity index (χ0) is 17.1. The fourth-order valence-corrected chi connectivity index (χ4v) is 7.39. The van der Waals surface area contributed by atoms with Gasteiger partial charge in [0.15, 0.2) is 0 Å². The van der Waals surface area contributed by atoms with Crippen LogP contribution in [0.5, 0.6) is 0 Å². The van der Waals surface area contributed by atoms with Crippen molar-refractivity contribution >= 4 is 11.8 Å². The summed E-state index contributed by atoms with van der Waals surface area (Å²) in [7, 11) is 0. The normalized spacial score (nSPS) is 50.6. The van der Waals surface area contributed by atoms with Crippen LogP contribution < -0.4 is 0 Å². The lowest BCUT2D eigenvalue weighted by molar-refractivity contribution is -0.162. The van der Waals surface area contributed by atoms with Crippen LogP contribution in [0.2, 0.25) is 0 Å². The Hall–Kier alpha value is -0.860. The highest BCUT2D eigenvalue weighted by molar-refractivity contribution is 5.79. The molecule has 0 heterocycles. The molecule has 0 saturated heterocycles. The largest absolute Gasteiger partial charge is 0.462 e. The maximum Gasteiger partial charge on any atom is 0.302 e. The molecule has 0 aliphatic heterocycles. The average Bonchev–Trinajstić information content (AvgIpc) is 2.84. The van der Waals surface area contributed by atoms with E-state index in [0.717, 1.165) is 37.5 Å². The Morgan fingerprint density at radius 2 is 1.75 bits per heavy atom. The number of carbonyl (C=O) groups is 2. The zero-order valence-electron chi connectivity index (χ0n) is 15.5. The summed E-state index contributed by atoms with van der Waals surface area (Å²) < 4.78 is 5.73. The molecule has 3 nitrogen and oxygen atoms in total. The van der Waals surface area contributed by atoms with Gasteiger partial charge in [-0.3, -0.25) is 9.59 Å². The number of carbonyl (C=O) groups excluding carboxylic acids is 2. The fraction of sp³-hybridized carbons (Fsp3) is 0.905. The summed E-state index contributed by atoms with van der Waals surface area (Å²) in [4.78, 5) is 23.5. The summed E-state index contributed by atoms with van der Waals surface area (Å²) >= 11 is 0. The summed E-state index contributed by atoms with van der Waals surface area (Å²) in [5.74, 6) is 3.25. The Balaban J connectivity index is 1.58. The van der Waals surface area contributed by atoms with E-state index in [1.54, 1.807) is 6.92 Å². The van der Waals surface area contributed by atoms with Crippen molar-refractivity contribution in [3.8, 4) is 0 Å². The van der Waals surface area contributed by atoms with Crippen LogP contribution in [-0.2, 0) is 14.3 Å². The lowest BCUT2D eigenvalue weighted by atomic mass is 9.45. The first-order chi connectivity index (χ1) is 11.3. The van der Waals surface area contributed by atoms with Gasteiger partial charge in [-0.25, -0.2) is 0 Å². The predicted octanol–water partition coefficient (Wildman–Crippen LogP) is 4.53. The van der Waals surface area contributed by atoms with Crippen molar-refractivity contribution in [2.24, 2.45) is 34.5 Å². The molecule has 134 valence electrons. The molecule has 4 saturated carbocycles. The van der Waals surface area contributed by atoms with Gasteiger partial charge < -0.3 is 4.74 Å². The second-order valence-electron chi connectivity index (χ2n) is 9.62. The van der Waals surface area contributed by atoms with Crippen LogP contribution in [0.1, 0.15) is 78.6 Å². The number of Topliss-reactive ketones (excluding diaryl/α,β-unsaturated/α-hetero) is 1. The van der Waals surface area contributed by atoms with Gasteiger partial charge in [-0.05, 0) is 74.0 Å². The quantitative estimate of drug-likeness (QED) is 0.663. The van der Waals surface area contributed by atoms with Crippen molar-refractivity contribution in [2.45, 2.75) is 84.7 Å². The minimum atomic E-state index is -0.120. The molecule has 0 amide bonds. The number of ketones is 1.